The number of benzene rings is 1. The average molecular weight is 364 g/mol. The van der Waals surface area contributed by atoms with E-state index in [9.17, 15) is 22.8 Å². The summed E-state index contributed by atoms with van der Waals surface area (Å²) in [7, 11) is 0. The summed E-state index contributed by atoms with van der Waals surface area (Å²) in [6, 6.07) is 4.21. The minimum absolute atomic E-state index is 0.0223. The van der Waals surface area contributed by atoms with Crippen molar-refractivity contribution in [3.05, 3.63) is 23.2 Å². The van der Waals surface area contributed by atoms with Crippen LogP contribution in [0.1, 0.15) is 13.3 Å². The van der Waals surface area contributed by atoms with Crippen molar-refractivity contribution >= 4 is 34.8 Å². The number of carbonyl (C=O) groups excluding carboxylic acids is 2. The molecule has 0 aliphatic carbocycles. The van der Waals surface area contributed by atoms with Gasteiger partial charge in [-0.25, -0.2) is 0 Å². The van der Waals surface area contributed by atoms with Crippen molar-refractivity contribution in [2.45, 2.75) is 19.5 Å². The highest BCUT2D eigenvalue weighted by atomic mass is 35.5. The number of amides is 2. The lowest BCUT2D eigenvalue weighted by Crippen LogP contribution is -2.48. The van der Waals surface area contributed by atoms with E-state index in [4.69, 9.17) is 11.6 Å². The standard InChI is InChI=1S/C15H17ClF3N3O2/c1-2-13(23)22-7-5-21(6-8-22)12-4-3-10(9-11(12)16)20-14(24)15(17,18)19/h3-4,9H,2,5-8H2,1H3,(H,20,24). The first-order valence-electron chi connectivity index (χ1n) is 7.42. The first kappa shape index (κ1) is 18.4. The number of hydrogen-bond acceptors (Lipinski definition) is 3. The zero-order valence-electron chi connectivity index (χ0n) is 13.0. The molecule has 1 aliphatic heterocycles. The minimum atomic E-state index is -4.95. The summed E-state index contributed by atoms with van der Waals surface area (Å²) in [5.41, 5.74) is 0.635. The Morgan fingerprint density at radius 3 is 2.33 bits per heavy atom. The molecule has 132 valence electrons. The van der Waals surface area contributed by atoms with E-state index < -0.39 is 12.1 Å². The van der Waals surface area contributed by atoms with Gasteiger partial charge in [0.25, 0.3) is 0 Å². The molecule has 1 aliphatic rings. The first-order chi connectivity index (χ1) is 11.2. The lowest BCUT2D eigenvalue weighted by atomic mass is 10.2. The van der Waals surface area contributed by atoms with E-state index in [-0.39, 0.29) is 16.6 Å². The maximum Gasteiger partial charge on any atom is 0.471 e. The summed E-state index contributed by atoms with van der Waals surface area (Å²) in [5.74, 6) is -1.95. The monoisotopic (exact) mass is 363 g/mol. The quantitative estimate of drug-likeness (QED) is 0.898. The van der Waals surface area contributed by atoms with Gasteiger partial charge in [-0.15, -0.1) is 0 Å². The van der Waals surface area contributed by atoms with Crippen LogP contribution in [0, 0.1) is 0 Å². The minimum Gasteiger partial charge on any atom is -0.367 e. The molecule has 5 nitrogen and oxygen atoms in total. The topological polar surface area (TPSA) is 52.7 Å². The van der Waals surface area contributed by atoms with Crippen LogP contribution in [0.2, 0.25) is 5.02 Å². The molecule has 1 aromatic carbocycles. The number of halogens is 4. The van der Waals surface area contributed by atoms with E-state index in [1.54, 1.807) is 23.2 Å². The number of nitrogens with zero attached hydrogens (tertiary/aromatic N) is 2. The van der Waals surface area contributed by atoms with E-state index >= 15 is 0 Å². The van der Waals surface area contributed by atoms with Gasteiger partial charge in [0.1, 0.15) is 0 Å². The lowest BCUT2D eigenvalue weighted by molar-refractivity contribution is -0.167. The second-order valence-electron chi connectivity index (χ2n) is 5.34. The molecule has 0 unspecified atom stereocenters. The molecule has 9 heteroatoms. The average Bonchev–Trinajstić information content (AvgIpc) is 2.53. The normalized spacial score (nSPS) is 15.4. The van der Waals surface area contributed by atoms with Crippen LogP contribution in [-0.4, -0.2) is 49.1 Å². The van der Waals surface area contributed by atoms with Gasteiger partial charge in [0.2, 0.25) is 5.91 Å². The Morgan fingerprint density at radius 1 is 1.21 bits per heavy atom. The van der Waals surface area contributed by atoms with Crippen LogP contribution in [0.4, 0.5) is 24.5 Å². The first-order valence-corrected chi connectivity index (χ1v) is 7.80. The van der Waals surface area contributed by atoms with Gasteiger partial charge in [-0.1, -0.05) is 18.5 Å². The number of nitrogens with one attached hydrogen (secondary N) is 1. The second kappa shape index (κ2) is 7.29. The fourth-order valence-electron chi connectivity index (χ4n) is 2.46. The number of hydrogen-bond donors (Lipinski definition) is 1. The Kier molecular flexibility index (Phi) is 5.58. The molecule has 2 rings (SSSR count). The molecule has 2 amide bonds. The molecule has 0 aromatic heterocycles. The molecule has 1 heterocycles. The van der Waals surface area contributed by atoms with Crippen LogP contribution in [-0.2, 0) is 9.59 Å². The highest BCUT2D eigenvalue weighted by molar-refractivity contribution is 6.33. The summed E-state index contributed by atoms with van der Waals surface area (Å²) >= 11 is 6.13. The van der Waals surface area contributed by atoms with Gasteiger partial charge >= 0.3 is 12.1 Å². The molecule has 1 saturated heterocycles. The summed E-state index contributed by atoms with van der Waals surface area (Å²) < 4.78 is 36.8. The molecular weight excluding hydrogens is 347 g/mol. The van der Waals surface area contributed by atoms with Crippen molar-refractivity contribution in [1.82, 2.24) is 4.90 Å². The largest absolute Gasteiger partial charge is 0.471 e. The fraction of sp³-hybridized carbons (Fsp3) is 0.467. The Hall–Kier alpha value is -1.96. The van der Waals surface area contributed by atoms with Crippen LogP contribution < -0.4 is 10.2 Å². The number of rotatable bonds is 3. The van der Waals surface area contributed by atoms with Gasteiger partial charge < -0.3 is 15.1 Å². The fourth-order valence-corrected chi connectivity index (χ4v) is 2.76. The van der Waals surface area contributed by atoms with Gasteiger partial charge in [-0.3, -0.25) is 9.59 Å². The van der Waals surface area contributed by atoms with Gasteiger partial charge in [-0.05, 0) is 18.2 Å². The number of anilines is 2. The molecule has 1 fully saturated rings. The summed E-state index contributed by atoms with van der Waals surface area (Å²) in [6.45, 7) is 4.10. The molecular formula is C15H17ClF3N3O2. The third-order valence-electron chi connectivity index (χ3n) is 3.74. The highest BCUT2D eigenvalue weighted by Crippen LogP contribution is 2.30. The summed E-state index contributed by atoms with van der Waals surface area (Å²) in [6.07, 6.45) is -4.50. The van der Waals surface area contributed by atoms with E-state index in [0.717, 1.165) is 0 Å². The number of piperazine rings is 1. The molecule has 0 saturated carbocycles. The van der Waals surface area contributed by atoms with E-state index in [2.05, 4.69) is 0 Å². The van der Waals surface area contributed by atoms with Crippen molar-refractivity contribution in [1.29, 1.82) is 0 Å². The molecule has 0 bridgehead atoms. The zero-order valence-corrected chi connectivity index (χ0v) is 13.7. The van der Waals surface area contributed by atoms with Crippen LogP contribution in [0.25, 0.3) is 0 Å². The predicted octanol–water partition coefficient (Wildman–Crippen LogP) is 2.90. The van der Waals surface area contributed by atoms with Gasteiger partial charge in [-0.2, -0.15) is 13.2 Å². The molecule has 0 atom stereocenters. The smallest absolute Gasteiger partial charge is 0.367 e. The Balaban J connectivity index is 2.03. The molecule has 1 aromatic rings. The van der Waals surface area contributed by atoms with Gasteiger partial charge in [0, 0.05) is 38.3 Å². The lowest BCUT2D eigenvalue weighted by Gasteiger charge is -2.36. The summed E-state index contributed by atoms with van der Waals surface area (Å²) in [4.78, 5) is 26.3. The van der Waals surface area contributed by atoms with Gasteiger partial charge in [0.15, 0.2) is 0 Å². The Bertz CT molecular complexity index is 629. The molecule has 1 N–H and O–H groups in total. The van der Waals surface area contributed by atoms with Crippen molar-refractivity contribution in [3.8, 4) is 0 Å². The second-order valence-corrected chi connectivity index (χ2v) is 5.75. The Labute approximate surface area is 142 Å². The van der Waals surface area contributed by atoms with Gasteiger partial charge in [0.05, 0.1) is 10.7 Å². The van der Waals surface area contributed by atoms with Crippen molar-refractivity contribution < 1.29 is 22.8 Å². The zero-order chi connectivity index (χ0) is 17.9. The third-order valence-corrected chi connectivity index (χ3v) is 4.04. The summed E-state index contributed by atoms with van der Waals surface area (Å²) in [5, 5.41) is 2.00. The van der Waals surface area contributed by atoms with Crippen LogP contribution in [0.3, 0.4) is 0 Å². The SMILES string of the molecule is CCC(=O)N1CCN(c2ccc(NC(=O)C(F)(F)F)cc2Cl)CC1. The van der Waals surface area contributed by atoms with Crippen LogP contribution in [0.5, 0.6) is 0 Å². The maximum absolute atomic E-state index is 12.3. The third kappa shape index (κ3) is 4.31. The van der Waals surface area contributed by atoms with Crippen LogP contribution >= 0.6 is 11.6 Å². The van der Waals surface area contributed by atoms with Crippen molar-refractivity contribution in [3.63, 3.8) is 0 Å². The molecule has 0 spiro atoms. The number of alkyl halides is 3. The predicted molar refractivity (Wildman–Crippen MR) is 85.2 cm³/mol. The molecule has 0 radical (unpaired) electrons. The van der Waals surface area contributed by atoms with Crippen molar-refractivity contribution in [2.24, 2.45) is 0 Å². The highest BCUT2D eigenvalue weighted by Gasteiger charge is 2.38. The van der Waals surface area contributed by atoms with Crippen LogP contribution in [0.15, 0.2) is 18.2 Å². The Morgan fingerprint density at radius 2 is 1.83 bits per heavy atom. The van der Waals surface area contributed by atoms with E-state index in [1.165, 1.54) is 12.1 Å². The number of carbonyl (C=O) groups is 2. The van der Waals surface area contributed by atoms with Crippen molar-refractivity contribution in [2.75, 3.05) is 36.4 Å². The maximum atomic E-state index is 12.3. The van der Waals surface area contributed by atoms with E-state index in [0.29, 0.717) is 38.3 Å². The molecule has 24 heavy (non-hydrogen) atoms. The van der Waals surface area contributed by atoms with E-state index in [1.807, 2.05) is 4.90 Å².